The van der Waals surface area contributed by atoms with Crippen molar-refractivity contribution in [3.63, 3.8) is 0 Å². The quantitative estimate of drug-likeness (QED) is 0.782. The second kappa shape index (κ2) is 6.29. The van der Waals surface area contributed by atoms with E-state index in [2.05, 4.69) is 34.2 Å². The van der Waals surface area contributed by atoms with Crippen LogP contribution in [0.25, 0.3) is 0 Å². The van der Waals surface area contributed by atoms with Crippen molar-refractivity contribution in [1.29, 1.82) is 0 Å². The molecule has 1 saturated heterocycles. The molecule has 2 rings (SSSR count). The Hall–Kier alpha value is -0.940. The Labute approximate surface area is 109 Å². The topological polar surface area (TPSA) is 54.2 Å². The number of hydrogen-bond acceptors (Lipinski definition) is 5. The highest BCUT2D eigenvalue weighted by Crippen LogP contribution is 2.32. The first-order valence-electron chi connectivity index (χ1n) is 6.95. The molecule has 1 aliphatic heterocycles. The van der Waals surface area contributed by atoms with Gasteiger partial charge in [-0.1, -0.05) is 5.16 Å². The monoisotopic (exact) mass is 252 g/mol. The van der Waals surface area contributed by atoms with Gasteiger partial charge in [0.15, 0.2) is 5.82 Å². The first-order valence-corrected chi connectivity index (χ1v) is 6.95. The molecule has 1 unspecified atom stereocenters. The maximum atomic E-state index is 5.44. The van der Waals surface area contributed by atoms with Gasteiger partial charge in [0.25, 0.3) is 0 Å². The van der Waals surface area contributed by atoms with Gasteiger partial charge in [-0.25, -0.2) is 0 Å². The molecule has 1 N–H and O–H groups in total. The highest BCUT2D eigenvalue weighted by Gasteiger charge is 2.31. The molecule has 1 aromatic rings. The van der Waals surface area contributed by atoms with E-state index in [-0.39, 0.29) is 0 Å². The summed E-state index contributed by atoms with van der Waals surface area (Å²) in [5.41, 5.74) is 0. The van der Waals surface area contributed by atoms with Crippen molar-refractivity contribution in [2.24, 2.45) is 0 Å². The SMILES string of the molecule is CNCCCc1noc(C2CCCN2C(C)C)n1. The average molecular weight is 252 g/mol. The fourth-order valence-electron chi connectivity index (χ4n) is 2.60. The Morgan fingerprint density at radius 3 is 3.06 bits per heavy atom. The molecule has 2 heterocycles. The van der Waals surface area contributed by atoms with Gasteiger partial charge in [-0.3, -0.25) is 4.90 Å². The number of nitrogens with zero attached hydrogens (tertiary/aromatic N) is 3. The Bertz CT molecular complexity index is 364. The van der Waals surface area contributed by atoms with E-state index in [9.17, 15) is 0 Å². The van der Waals surface area contributed by atoms with Crippen LogP contribution in [-0.4, -0.2) is 41.2 Å². The Balaban J connectivity index is 1.96. The van der Waals surface area contributed by atoms with Gasteiger partial charge in [0.1, 0.15) is 0 Å². The van der Waals surface area contributed by atoms with Crippen LogP contribution in [0.15, 0.2) is 4.52 Å². The van der Waals surface area contributed by atoms with Crippen LogP contribution in [0.5, 0.6) is 0 Å². The molecule has 5 nitrogen and oxygen atoms in total. The highest BCUT2D eigenvalue weighted by molar-refractivity contribution is 4.97. The lowest BCUT2D eigenvalue weighted by Gasteiger charge is -2.25. The predicted octanol–water partition coefficient (Wildman–Crippen LogP) is 1.77. The maximum Gasteiger partial charge on any atom is 0.244 e. The number of likely N-dealkylation sites (tertiary alicyclic amines) is 1. The largest absolute Gasteiger partial charge is 0.338 e. The molecule has 18 heavy (non-hydrogen) atoms. The van der Waals surface area contributed by atoms with Crippen molar-refractivity contribution < 1.29 is 4.52 Å². The molecular formula is C13H24N4O. The number of aryl methyl sites for hydroxylation is 1. The van der Waals surface area contributed by atoms with Crippen molar-refractivity contribution >= 4 is 0 Å². The minimum absolute atomic E-state index is 0.329. The van der Waals surface area contributed by atoms with Gasteiger partial charge in [-0.15, -0.1) is 0 Å². The molecule has 0 aromatic carbocycles. The predicted molar refractivity (Wildman–Crippen MR) is 70.4 cm³/mol. The number of rotatable bonds is 6. The molecule has 5 heteroatoms. The molecule has 0 spiro atoms. The van der Waals surface area contributed by atoms with Crippen molar-refractivity contribution in [3.05, 3.63) is 11.7 Å². The molecule has 1 atom stereocenters. The van der Waals surface area contributed by atoms with Crippen molar-refractivity contribution in [1.82, 2.24) is 20.4 Å². The molecule has 0 aliphatic carbocycles. The summed E-state index contributed by atoms with van der Waals surface area (Å²) in [5.74, 6) is 1.65. The zero-order chi connectivity index (χ0) is 13.0. The molecule has 1 fully saturated rings. The van der Waals surface area contributed by atoms with E-state index in [1.807, 2.05) is 7.05 Å². The van der Waals surface area contributed by atoms with Crippen LogP contribution in [0.3, 0.4) is 0 Å². The number of nitrogens with one attached hydrogen (secondary N) is 1. The summed E-state index contributed by atoms with van der Waals surface area (Å²) < 4.78 is 5.44. The van der Waals surface area contributed by atoms with Gasteiger partial charge in [0.2, 0.25) is 5.89 Å². The molecule has 0 saturated carbocycles. The molecular weight excluding hydrogens is 228 g/mol. The third-order valence-electron chi connectivity index (χ3n) is 3.55. The summed E-state index contributed by atoms with van der Waals surface area (Å²) in [4.78, 5) is 7.00. The fourth-order valence-corrected chi connectivity index (χ4v) is 2.60. The van der Waals surface area contributed by atoms with Crippen LogP contribution >= 0.6 is 0 Å². The Morgan fingerprint density at radius 1 is 1.50 bits per heavy atom. The summed E-state index contributed by atoms with van der Waals surface area (Å²) in [6.45, 7) is 6.58. The molecule has 0 amide bonds. The van der Waals surface area contributed by atoms with Crippen molar-refractivity contribution in [3.8, 4) is 0 Å². The van der Waals surface area contributed by atoms with Crippen LogP contribution in [0.2, 0.25) is 0 Å². The van der Waals surface area contributed by atoms with E-state index in [0.29, 0.717) is 12.1 Å². The Morgan fingerprint density at radius 2 is 2.33 bits per heavy atom. The molecule has 1 aromatic heterocycles. The number of aromatic nitrogens is 2. The van der Waals surface area contributed by atoms with E-state index >= 15 is 0 Å². The second-order valence-corrected chi connectivity index (χ2v) is 5.25. The normalized spacial score (nSPS) is 21.0. The standard InChI is InChI=1S/C13H24N4O/c1-10(2)17-9-5-6-11(17)13-15-12(16-18-13)7-4-8-14-3/h10-11,14H,4-9H2,1-3H3. The summed E-state index contributed by atoms with van der Waals surface area (Å²) in [7, 11) is 1.96. The minimum atomic E-state index is 0.329. The fraction of sp³-hybridized carbons (Fsp3) is 0.846. The smallest absolute Gasteiger partial charge is 0.244 e. The lowest BCUT2D eigenvalue weighted by molar-refractivity contribution is 0.170. The van der Waals surface area contributed by atoms with Crippen LogP contribution < -0.4 is 5.32 Å². The lowest BCUT2D eigenvalue weighted by atomic mass is 10.2. The third kappa shape index (κ3) is 3.09. The van der Waals surface area contributed by atoms with Gasteiger partial charge in [0, 0.05) is 12.5 Å². The zero-order valence-electron chi connectivity index (χ0n) is 11.6. The summed E-state index contributed by atoms with van der Waals surface area (Å²) in [5, 5.41) is 7.21. The molecule has 0 radical (unpaired) electrons. The van der Waals surface area contributed by atoms with Gasteiger partial charge in [0.05, 0.1) is 6.04 Å². The van der Waals surface area contributed by atoms with Crippen LogP contribution in [-0.2, 0) is 6.42 Å². The first kappa shape index (κ1) is 13.5. The average Bonchev–Trinajstić information content (AvgIpc) is 2.96. The van der Waals surface area contributed by atoms with E-state index < -0.39 is 0 Å². The summed E-state index contributed by atoms with van der Waals surface area (Å²) >= 11 is 0. The Kier molecular flexibility index (Phi) is 4.72. The highest BCUT2D eigenvalue weighted by atomic mass is 16.5. The van der Waals surface area contributed by atoms with E-state index in [4.69, 9.17) is 4.52 Å². The van der Waals surface area contributed by atoms with Crippen molar-refractivity contribution in [2.45, 2.75) is 51.6 Å². The van der Waals surface area contributed by atoms with Crippen LogP contribution in [0.1, 0.15) is 50.9 Å². The van der Waals surface area contributed by atoms with Crippen LogP contribution in [0.4, 0.5) is 0 Å². The summed E-state index contributed by atoms with van der Waals surface area (Å²) in [6.07, 6.45) is 4.30. The first-order chi connectivity index (χ1) is 8.72. The van der Waals surface area contributed by atoms with Crippen molar-refractivity contribution in [2.75, 3.05) is 20.1 Å². The molecule has 102 valence electrons. The zero-order valence-corrected chi connectivity index (χ0v) is 11.6. The summed E-state index contributed by atoms with van der Waals surface area (Å²) in [6, 6.07) is 0.868. The lowest BCUT2D eigenvalue weighted by Crippen LogP contribution is -2.30. The van der Waals surface area contributed by atoms with E-state index in [1.165, 1.54) is 6.42 Å². The van der Waals surface area contributed by atoms with Gasteiger partial charge in [-0.2, -0.15) is 4.98 Å². The third-order valence-corrected chi connectivity index (χ3v) is 3.55. The minimum Gasteiger partial charge on any atom is -0.338 e. The maximum absolute atomic E-state index is 5.44. The van der Waals surface area contributed by atoms with Gasteiger partial charge in [-0.05, 0) is 53.2 Å². The molecule has 1 aliphatic rings. The van der Waals surface area contributed by atoms with Crippen LogP contribution in [0, 0.1) is 0 Å². The van der Waals surface area contributed by atoms with Gasteiger partial charge >= 0.3 is 0 Å². The van der Waals surface area contributed by atoms with E-state index in [0.717, 1.165) is 44.1 Å². The second-order valence-electron chi connectivity index (χ2n) is 5.25. The van der Waals surface area contributed by atoms with E-state index in [1.54, 1.807) is 0 Å². The molecule has 0 bridgehead atoms. The number of hydrogen-bond donors (Lipinski definition) is 1. The van der Waals surface area contributed by atoms with Gasteiger partial charge < -0.3 is 9.84 Å².